The van der Waals surface area contributed by atoms with Crippen LogP contribution < -0.4 is 0 Å². The van der Waals surface area contributed by atoms with Crippen LogP contribution in [-0.2, 0) is 10.5 Å². The fourth-order valence-electron chi connectivity index (χ4n) is 2.73. The Labute approximate surface area is 173 Å². The average molecular weight is 423 g/mol. The van der Waals surface area contributed by atoms with Crippen LogP contribution in [0.4, 0.5) is 0 Å². The van der Waals surface area contributed by atoms with Gasteiger partial charge in [0, 0.05) is 31.9 Å². The molecule has 1 saturated heterocycles. The molecule has 1 amide bonds. The van der Waals surface area contributed by atoms with Gasteiger partial charge in [0.1, 0.15) is 0 Å². The third kappa shape index (κ3) is 6.20. The van der Waals surface area contributed by atoms with Gasteiger partial charge in [-0.15, -0.1) is 10.2 Å². The molecule has 0 radical (unpaired) electrons. The smallest absolute Gasteiger partial charge is 0.233 e. The van der Waals surface area contributed by atoms with Crippen molar-refractivity contribution in [3.63, 3.8) is 0 Å². The Balaban J connectivity index is 1.43. The van der Waals surface area contributed by atoms with Crippen LogP contribution in [-0.4, -0.2) is 64.9 Å². The van der Waals surface area contributed by atoms with Gasteiger partial charge in [0.05, 0.1) is 5.75 Å². The van der Waals surface area contributed by atoms with Crippen molar-refractivity contribution in [2.45, 2.75) is 34.2 Å². The lowest BCUT2D eigenvalue weighted by molar-refractivity contribution is -0.129. The lowest BCUT2D eigenvalue weighted by Crippen LogP contribution is -2.47. The number of carbonyl (C=O) groups excluding carboxylic acids is 1. The number of thioether (sulfide) groups is 2. The molecule has 27 heavy (non-hydrogen) atoms. The first-order valence-electron chi connectivity index (χ1n) is 9.15. The standard InChI is InChI=1S/C19H26N4OS3/c1-14(2)16-6-4-15(5-7-16)12-25-18-20-21-19(27-18)26-13-17(24)23-10-8-22(3)9-11-23/h4-7,14H,8-13H2,1-3H3. The number of piperazine rings is 1. The molecule has 1 fully saturated rings. The van der Waals surface area contributed by atoms with Crippen LogP contribution >= 0.6 is 34.9 Å². The number of rotatable bonds is 7. The first-order chi connectivity index (χ1) is 13.0. The number of benzene rings is 1. The van der Waals surface area contributed by atoms with Gasteiger partial charge in [0.15, 0.2) is 8.68 Å². The molecule has 0 spiro atoms. The molecular formula is C19H26N4OS3. The summed E-state index contributed by atoms with van der Waals surface area (Å²) in [6.45, 7) is 7.96. The van der Waals surface area contributed by atoms with Crippen LogP contribution in [0.25, 0.3) is 0 Å². The zero-order valence-electron chi connectivity index (χ0n) is 16.1. The van der Waals surface area contributed by atoms with E-state index in [1.54, 1.807) is 23.1 Å². The molecule has 0 bridgehead atoms. The van der Waals surface area contributed by atoms with Gasteiger partial charge in [-0.3, -0.25) is 4.79 Å². The summed E-state index contributed by atoms with van der Waals surface area (Å²) in [6, 6.07) is 8.78. The molecule has 0 aliphatic carbocycles. The van der Waals surface area contributed by atoms with E-state index in [2.05, 4.69) is 60.3 Å². The number of likely N-dealkylation sites (N-methyl/N-ethyl adjacent to an activating group) is 1. The molecule has 1 aliphatic rings. The molecule has 8 heteroatoms. The van der Waals surface area contributed by atoms with E-state index < -0.39 is 0 Å². The minimum absolute atomic E-state index is 0.197. The highest BCUT2D eigenvalue weighted by Crippen LogP contribution is 2.31. The van der Waals surface area contributed by atoms with Crippen LogP contribution in [0.3, 0.4) is 0 Å². The van der Waals surface area contributed by atoms with Gasteiger partial charge in [0.25, 0.3) is 0 Å². The Morgan fingerprint density at radius 3 is 2.33 bits per heavy atom. The third-order valence-electron chi connectivity index (χ3n) is 4.57. The Kier molecular flexibility index (Phi) is 7.57. The number of amides is 1. The predicted octanol–water partition coefficient (Wildman–Crippen LogP) is 3.82. The predicted molar refractivity (Wildman–Crippen MR) is 115 cm³/mol. The van der Waals surface area contributed by atoms with Crippen LogP contribution in [0.5, 0.6) is 0 Å². The number of hydrogen-bond acceptors (Lipinski definition) is 7. The maximum absolute atomic E-state index is 12.3. The van der Waals surface area contributed by atoms with Gasteiger partial charge < -0.3 is 9.80 Å². The SMILES string of the molecule is CC(C)c1ccc(CSc2nnc(SCC(=O)N3CCN(C)CC3)s2)cc1. The first-order valence-corrected chi connectivity index (χ1v) is 11.9. The lowest BCUT2D eigenvalue weighted by atomic mass is 10.0. The Bertz CT molecular complexity index is 740. The second-order valence-electron chi connectivity index (χ2n) is 6.99. The Hall–Kier alpha value is -1.09. The Morgan fingerprint density at radius 2 is 1.70 bits per heavy atom. The van der Waals surface area contributed by atoms with E-state index in [1.807, 2.05) is 4.90 Å². The van der Waals surface area contributed by atoms with Gasteiger partial charge in [-0.05, 0) is 24.1 Å². The van der Waals surface area contributed by atoms with Crippen molar-refractivity contribution < 1.29 is 4.79 Å². The maximum Gasteiger partial charge on any atom is 0.233 e. The van der Waals surface area contributed by atoms with Crippen molar-refractivity contribution in [2.75, 3.05) is 39.0 Å². The van der Waals surface area contributed by atoms with Crippen LogP contribution in [0, 0.1) is 0 Å². The molecule has 5 nitrogen and oxygen atoms in total. The first kappa shape index (κ1) is 20.6. The van der Waals surface area contributed by atoms with Gasteiger partial charge in [0.2, 0.25) is 5.91 Å². The largest absolute Gasteiger partial charge is 0.339 e. The average Bonchev–Trinajstić information content (AvgIpc) is 3.13. The highest BCUT2D eigenvalue weighted by molar-refractivity contribution is 8.03. The van der Waals surface area contributed by atoms with Crippen LogP contribution in [0.2, 0.25) is 0 Å². The second-order valence-corrected chi connectivity index (χ2v) is 10.4. The van der Waals surface area contributed by atoms with Crippen LogP contribution in [0.15, 0.2) is 32.9 Å². The summed E-state index contributed by atoms with van der Waals surface area (Å²) in [5.41, 5.74) is 2.66. The zero-order chi connectivity index (χ0) is 19.2. The quantitative estimate of drug-likeness (QED) is 0.632. The molecule has 0 atom stereocenters. The molecule has 2 heterocycles. The number of aromatic nitrogens is 2. The summed E-state index contributed by atoms with van der Waals surface area (Å²) in [5, 5.41) is 8.48. The molecule has 0 N–H and O–H groups in total. The molecular weight excluding hydrogens is 396 g/mol. The van der Waals surface area contributed by atoms with Crippen molar-refractivity contribution in [3.05, 3.63) is 35.4 Å². The topological polar surface area (TPSA) is 49.3 Å². The normalized spacial score (nSPS) is 15.5. The second kappa shape index (κ2) is 9.91. The number of hydrogen-bond donors (Lipinski definition) is 0. The zero-order valence-corrected chi connectivity index (χ0v) is 18.5. The fourth-order valence-corrected chi connectivity index (χ4v) is 5.61. The molecule has 1 aromatic heterocycles. The monoisotopic (exact) mass is 422 g/mol. The van der Waals surface area contributed by atoms with E-state index in [1.165, 1.54) is 22.9 Å². The summed E-state index contributed by atoms with van der Waals surface area (Å²) in [5.74, 6) is 2.09. The molecule has 0 unspecified atom stereocenters. The maximum atomic E-state index is 12.3. The van der Waals surface area contributed by atoms with E-state index >= 15 is 0 Å². The molecule has 0 saturated carbocycles. The minimum atomic E-state index is 0.197. The van der Waals surface area contributed by atoms with Gasteiger partial charge in [-0.1, -0.05) is 73.0 Å². The molecule has 2 aromatic rings. The van der Waals surface area contributed by atoms with Gasteiger partial charge in [-0.25, -0.2) is 0 Å². The van der Waals surface area contributed by atoms with E-state index in [9.17, 15) is 4.79 Å². The molecule has 146 valence electrons. The van der Waals surface area contributed by atoms with Gasteiger partial charge >= 0.3 is 0 Å². The highest BCUT2D eigenvalue weighted by Gasteiger charge is 2.19. The minimum Gasteiger partial charge on any atom is -0.339 e. The number of carbonyl (C=O) groups is 1. The van der Waals surface area contributed by atoms with Crippen LogP contribution in [0.1, 0.15) is 30.9 Å². The van der Waals surface area contributed by atoms with Crippen molar-refractivity contribution in [1.29, 1.82) is 0 Å². The van der Waals surface area contributed by atoms with Crippen molar-refractivity contribution >= 4 is 40.8 Å². The summed E-state index contributed by atoms with van der Waals surface area (Å²) >= 11 is 4.77. The lowest BCUT2D eigenvalue weighted by Gasteiger charge is -2.32. The fraction of sp³-hybridized carbons (Fsp3) is 0.526. The summed E-state index contributed by atoms with van der Waals surface area (Å²) < 4.78 is 1.83. The molecule has 1 aromatic carbocycles. The summed E-state index contributed by atoms with van der Waals surface area (Å²) in [4.78, 5) is 16.5. The van der Waals surface area contributed by atoms with E-state index in [0.29, 0.717) is 11.7 Å². The van der Waals surface area contributed by atoms with E-state index in [0.717, 1.165) is 40.6 Å². The molecule has 1 aliphatic heterocycles. The van der Waals surface area contributed by atoms with Crippen molar-refractivity contribution in [1.82, 2.24) is 20.0 Å². The van der Waals surface area contributed by atoms with E-state index in [4.69, 9.17) is 0 Å². The third-order valence-corrected chi connectivity index (χ3v) is 7.82. The van der Waals surface area contributed by atoms with Crippen molar-refractivity contribution in [2.24, 2.45) is 0 Å². The number of nitrogens with zero attached hydrogens (tertiary/aromatic N) is 4. The Morgan fingerprint density at radius 1 is 1.07 bits per heavy atom. The van der Waals surface area contributed by atoms with E-state index in [-0.39, 0.29) is 5.91 Å². The highest BCUT2D eigenvalue weighted by atomic mass is 32.2. The molecule has 3 rings (SSSR count). The summed E-state index contributed by atoms with van der Waals surface area (Å²) in [6.07, 6.45) is 0. The van der Waals surface area contributed by atoms with Gasteiger partial charge in [-0.2, -0.15) is 0 Å². The summed E-state index contributed by atoms with van der Waals surface area (Å²) in [7, 11) is 2.09. The van der Waals surface area contributed by atoms with Crippen molar-refractivity contribution in [3.8, 4) is 0 Å².